The Bertz CT molecular complexity index is 724. The lowest BCUT2D eigenvalue weighted by atomic mass is 9.83. The second kappa shape index (κ2) is 9.37. The second-order valence-electron chi connectivity index (χ2n) is 7.81. The molecule has 9 heteroatoms. The van der Waals surface area contributed by atoms with Crippen molar-refractivity contribution in [3.05, 3.63) is 11.1 Å². The first-order valence-corrected chi connectivity index (χ1v) is 11.8. The number of carbonyl (C=O) groups is 2. The van der Waals surface area contributed by atoms with Crippen molar-refractivity contribution in [2.75, 3.05) is 46.0 Å². The first-order valence-electron chi connectivity index (χ1n) is 9.97. The van der Waals surface area contributed by atoms with Crippen molar-refractivity contribution in [3.8, 4) is 0 Å². The van der Waals surface area contributed by atoms with E-state index < -0.39 is 21.6 Å². The normalized spacial score (nSPS) is 20.1. The van der Waals surface area contributed by atoms with Gasteiger partial charge in [-0.1, -0.05) is 13.3 Å². The minimum atomic E-state index is -3.30. The lowest BCUT2D eigenvalue weighted by Gasteiger charge is -2.38. The van der Waals surface area contributed by atoms with Gasteiger partial charge in [-0.15, -0.1) is 0 Å². The number of nitrogens with one attached hydrogen (secondary N) is 1. The minimum absolute atomic E-state index is 0.235. The highest BCUT2D eigenvalue weighted by Gasteiger charge is 2.51. The van der Waals surface area contributed by atoms with Crippen LogP contribution in [0.5, 0.6) is 0 Å². The first kappa shape index (κ1) is 22.8. The maximum absolute atomic E-state index is 12.8. The van der Waals surface area contributed by atoms with E-state index in [1.807, 2.05) is 0 Å². The van der Waals surface area contributed by atoms with Crippen molar-refractivity contribution >= 4 is 21.9 Å². The quantitative estimate of drug-likeness (QED) is 0.444. The van der Waals surface area contributed by atoms with E-state index in [-0.39, 0.29) is 19.0 Å². The smallest absolute Gasteiger partial charge is 0.335 e. The monoisotopic (exact) mass is 415 g/mol. The summed E-state index contributed by atoms with van der Waals surface area (Å²) in [6, 6.07) is 0. The Hall–Kier alpha value is -1.45. The van der Waals surface area contributed by atoms with E-state index >= 15 is 0 Å². The van der Waals surface area contributed by atoms with Gasteiger partial charge in [0.1, 0.15) is 5.60 Å². The fraction of sp³-hybridized carbons (Fsp3) is 0.789. The third kappa shape index (κ3) is 5.33. The van der Waals surface area contributed by atoms with Crippen LogP contribution in [0.25, 0.3) is 0 Å². The summed E-state index contributed by atoms with van der Waals surface area (Å²) in [5, 5.41) is 2.91. The van der Waals surface area contributed by atoms with Crippen LogP contribution in [0.2, 0.25) is 0 Å². The number of hydrogen-bond acceptors (Lipinski definition) is 6. The maximum Gasteiger partial charge on any atom is 0.335 e. The number of sulfonamides is 1. The molecule has 0 aromatic heterocycles. The number of amides is 1. The van der Waals surface area contributed by atoms with Crippen LogP contribution in [0.3, 0.4) is 0 Å². The molecule has 0 aliphatic carbocycles. The zero-order chi connectivity index (χ0) is 20.9. The average Bonchev–Trinajstić information content (AvgIpc) is 2.86. The molecule has 0 aromatic rings. The van der Waals surface area contributed by atoms with E-state index in [1.54, 1.807) is 6.92 Å². The number of esters is 1. The summed E-state index contributed by atoms with van der Waals surface area (Å²) in [5.74, 6) is -0.773. The predicted octanol–water partition coefficient (Wildman–Crippen LogP) is 0.892. The highest BCUT2D eigenvalue weighted by atomic mass is 32.2. The topological polar surface area (TPSA) is 96.0 Å². The number of unbranched alkanes of at least 4 members (excludes halogenated alkanes) is 1. The van der Waals surface area contributed by atoms with E-state index in [0.29, 0.717) is 30.5 Å². The third-order valence-electron chi connectivity index (χ3n) is 5.55. The molecule has 1 saturated heterocycles. The molecule has 1 fully saturated rings. The Morgan fingerprint density at radius 3 is 2.43 bits per heavy atom. The van der Waals surface area contributed by atoms with Crippen LogP contribution in [0, 0.1) is 0 Å². The van der Waals surface area contributed by atoms with Gasteiger partial charge in [0.25, 0.3) is 5.91 Å². The molecular weight excluding hydrogens is 382 g/mol. The number of rotatable bonds is 9. The molecule has 28 heavy (non-hydrogen) atoms. The number of piperidine rings is 1. The first-order chi connectivity index (χ1) is 13.1. The molecule has 0 aromatic carbocycles. The van der Waals surface area contributed by atoms with Crippen molar-refractivity contribution in [2.24, 2.45) is 0 Å². The SMILES string of the molecule is CCCCN(C)CCCNC(=O)C1=C(C)C(=O)OC12CCN(S(C)(=O)=O)CC2. The van der Waals surface area contributed by atoms with E-state index in [0.717, 1.165) is 38.6 Å². The average molecular weight is 416 g/mol. The molecular formula is C19H33N3O5S. The van der Waals surface area contributed by atoms with Gasteiger partial charge >= 0.3 is 5.97 Å². The summed E-state index contributed by atoms with van der Waals surface area (Å²) in [7, 11) is -1.23. The van der Waals surface area contributed by atoms with Gasteiger partial charge < -0.3 is 15.0 Å². The van der Waals surface area contributed by atoms with E-state index in [9.17, 15) is 18.0 Å². The Morgan fingerprint density at radius 2 is 1.86 bits per heavy atom. The van der Waals surface area contributed by atoms with Gasteiger partial charge in [0.15, 0.2) is 0 Å². The maximum atomic E-state index is 12.8. The number of carbonyl (C=O) groups excluding carboxylic acids is 2. The number of ether oxygens (including phenoxy) is 1. The van der Waals surface area contributed by atoms with Crippen molar-refractivity contribution < 1.29 is 22.7 Å². The van der Waals surface area contributed by atoms with Crippen LogP contribution in [0.1, 0.15) is 46.0 Å². The van der Waals surface area contributed by atoms with Gasteiger partial charge in [0, 0.05) is 38.0 Å². The molecule has 0 unspecified atom stereocenters. The van der Waals surface area contributed by atoms with Gasteiger partial charge in [-0.3, -0.25) is 4.79 Å². The largest absolute Gasteiger partial charge is 0.450 e. The molecule has 1 amide bonds. The number of nitrogens with zero attached hydrogens (tertiary/aromatic N) is 2. The summed E-state index contributed by atoms with van der Waals surface area (Å²) >= 11 is 0. The molecule has 0 radical (unpaired) electrons. The molecule has 1 spiro atoms. The third-order valence-corrected chi connectivity index (χ3v) is 6.85. The van der Waals surface area contributed by atoms with Crippen molar-refractivity contribution in [1.82, 2.24) is 14.5 Å². The van der Waals surface area contributed by atoms with Gasteiger partial charge in [0.2, 0.25) is 10.0 Å². The van der Waals surface area contributed by atoms with Crippen LogP contribution < -0.4 is 5.32 Å². The fourth-order valence-corrected chi connectivity index (χ4v) is 4.68. The lowest BCUT2D eigenvalue weighted by molar-refractivity contribution is -0.150. The molecule has 0 bridgehead atoms. The Balaban J connectivity index is 1.96. The molecule has 2 heterocycles. The molecule has 2 aliphatic heterocycles. The molecule has 8 nitrogen and oxygen atoms in total. The van der Waals surface area contributed by atoms with Crippen LogP contribution >= 0.6 is 0 Å². The summed E-state index contributed by atoms with van der Waals surface area (Å²) < 4.78 is 30.4. The minimum Gasteiger partial charge on any atom is -0.450 e. The van der Waals surface area contributed by atoms with Gasteiger partial charge in [-0.2, -0.15) is 0 Å². The Kier molecular flexibility index (Phi) is 7.64. The highest BCUT2D eigenvalue weighted by molar-refractivity contribution is 7.88. The number of hydrogen-bond donors (Lipinski definition) is 1. The fourth-order valence-electron chi connectivity index (χ4n) is 3.84. The van der Waals surface area contributed by atoms with Gasteiger partial charge in [-0.25, -0.2) is 17.5 Å². The summed E-state index contributed by atoms with van der Waals surface area (Å²) in [6.45, 7) is 6.68. The Labute approximate surface area is 168 Å². The summed E-state index contributed by atoms with van der Waals surface area (Å²) in [4.78, 5) is 27.2. The van der Waals surface area contributed by atoms with E-state index in [4.69, 9.17) is 4.74 Å². The zero-order valence-electron chi connectivity index (χ0n) is 17.4. The van der Waals surface area contributed by atoms with Gasteiger partial charge in [-0.05, 0) is 39.9 Å². The second-order valence-corrected chi connectivity index (χ2v) is 9.79. The molecule has 2 aliphatic rings. The van der Waals surface area contributed by atoms with E-state index in [2.05, 4.69) is 24.2 Å². The zero-order valence-corrected chi connectivity index (χ0v) is 18.2. The van der Waals surface area contributed by atoms with Crippen molar-refractivity contribution in [2.45, 2.75) is 51.6 Å². The molecule has 160 valence electrons. The van der Waals surface area contributed by atoms with Crippen molar-refractivity contribution in [3.63, 3.8) is 0 Å². The predicted molar refractivity (Wildman–Crippen MR) is 107 cm³/mol. The van der Waals surface area contributed by atoms with Crippen LogP contribution in [-0.4, -0.2) is 81.1 Å². The molecule has 0 atom stereocenters. The Morgan fingerprint density at radius 1 is 1.25 bits per heavy atom. The molecule has 1 N–H and O–H groups in total. The molecule has 0 saturated carbocycles. The van der Waals surface area contributed by atoms with Crippen LogP contribution in [-0.2, 0) is 24.3 Å². The summed E-state index contributed by atoms with van der Waals surface area (Å²) in [6.07, 6.45) is 4.89. The van der Waals surface area contributed by atoms with Crippen molar-refractivity contribution in [1.29, 1.82) is 0 Å². The van der Waals surface area contributed by atoms with Crippen LogP contribution in [0.15, 0.2) is 11.1 Å². The standard InChI is InChI=1S/C19H33N3O5S/c1-5-6-11-21(3)12-7-10-20-17(23)16-15(2)18(24)27-19(16)8-13-22(14-9-19)28(4,25)26/h5-14H2,1-4H3,(H,20,23). The summed E-state index contributed by atoms with van der Waals surface area (Å²) in [5.41, 5.74) is -0.319. The van der Waals surface area contributed by atoms with Gasteiger partial charge in [0.05, 0.1) is 11.8 Å². The molecule has 2 rings (SSSR count). The van der Waals surface area contributed by atoms with E-state index in [1.165, 1.54) is 4.31 Å². The van der Waals surface area contributed by atoms with Crippen LogP contribution in [0.4, 0.5) is 0 Å². The highest BCUT2D eigenvalue weighted by Crippen LogP contribution is 2.41. The lowest BCUT2D eigenvalue weighted by Crippen LogP contribution is -2.50.